The normalized spacial score (nSPS) is 11.5. The molecule has 0 unspecified atom stereocenters. The van der Waals surface area contributed by atoms with Gasteiger partial charge in [-0.1, -0.05) is 53.6 Å². The fraction of sp³-hybridized carbons (Fsp3) is 0.200. The lowest BCUT2D eigenvalue weighted by Crippen LogP contribution is -2.39. The van der Waals surface area contributed by atoms with Gasteiger partial charge in [0.05, 0.1) is 34.1 Å². The summed E-state index contributed by atoms with van der Waals surface area (Å²) in [5.74, 6) is -0.262. The van der Waals surface area contributed by atoms with Crippen molar-refractivity contribution in [3.8, 4) is 11.4 Å². The van der Waals surface area contributed by atoms with Crippen LogP contribution in [0.25, 0.3) is 5.69 Å². The monoisotopic (exact) mass is 578 g/mol. The summed E-state index contributed by atoms with van der Waals surface area (Å²) in [6.07, 6.45) is 1.53. The number of rotatable bonds is 10. The summed E-state index contributed by atoms with van der Waals surface area (Å²) in [6, 6.07) is 22.6. The van der Waals surface area contributed by atoms with Crippen LogP contribution in [-0.4, -0.2) is 38.3 Å². The molecular formula is C30H31ClN4O4S. The minimum atomic E-state index is -4.10. The average Bonchev–Trinajstić information content (AvgIpc) is 3.21. The molecule has 0 aliphatic heterocycles. The number of carbonyl (C=O) groups is 1. The molecule has 3 aromatic carbocycles. The first kappa shape index (κ1) is 28.9. The number of nitrogens with zero attached hydrogens (tertiary/aromatic N) is 3. The van der Waals surface area contributed by atoms with Gasteiger partial charge in [0, 0.05) is 17.0 Å². The molecule has 1 amide bonds. The zero-order chi connectivity index (χ0) is 28.9. The Labute approximate surface area is 239 Å². The summed E-state index contributed by atoms with van der Waals surface area (Å²) in [6.45, 7) is 7.39. The van der Waals surface area contributed by atoms with Crippen LogP contribution < -0.4 is 14.5 Å². The highest BCUT2D eigenvalue weighted by Crippen LogP contribution is 2.32. The van der Waals surface area contributed by atoms with Crippen molar-refractivity contribution < 1.29 is 17.9 Å². The van der Waals surface area contributed by atoms with Crippen LogP contribution in [0, 0.1) is 20.8 Å². The van der Waals surface area contributed by atoms with Gasteiger partial charge in [-0.05, 0) is 70.2 Å². The molecule has 0 saturated heterocycles. The van der Waals surface area contributed by atoms with Crippen LogP contribution in [0.3, 0.4) is 0 Å². The molecule has 10 heteroatoms. The Balaban J connectivity index is 1.60. The number of ether oxygens (including phenoxy) is 1. The van der Waals surface area contributed by atoms with E-state index >= 15 is 0 Å². The van der Waals surface area contributed by atoms with Gasteiger partial charge in [-0.25, -0.2) is 13.8 Å². The molecule has 4 aromatic rings. The molecule has 4 rings (SSSR count). The van der Waals surface area contributed by atoms with Crippen molar-refractivity contribution in [1.29, 1.82) is 0 Å². The Bertz CT molecular complexity index is 1650. The van der Waals surface area contributed by atoms with E-state index in [2.05, 4.69) is 10.5 Å². The van der Waals surface area contributed by atoms with Crippen LogP contribution in [0.1, 0.15) is 29.4 Å². The molecule has 208 valence electrons. The molecule has 0 atom stereocenters. The molecule has 1 N–H and O–H groups in total. The van der Waals surface area contributed by atoms with Crippen LogP contribution in [-0.2, 0) is 14.8 Å². The lowest BCUT2D eigenvalue weighted by Gasteiger charge is -2.25. The molecule has 0 aliphatic carbocycles. The van der Waals surface area contributed by atoms with Gasteiger partial charge in [-0.3, -0.25) is 9.10 Å². The summed E-state index contributed by atoms with van der Waals surface area (Å²) >= 11 is 6.40. The number of aromatic nitrogens is 1. The molecule has 0 spiro atoms. The van der Waals surface area contributed by atoms with E-state index < -0.39 is 22.5 Å². The second kappa shape index (κ2) is 12.4. The van der Waals surface area contributed by atoms with Gasteiger partial charge in [0.1, 0.15) is 12.3 Å². The van der Waals surface area contributed by atoms with Crippen molar-refractivity contribution >= 4 is 39.4 Å². The lowest BCUT2D eigenvalue weighted by molar-refractivity contribution is -0.119. The summed E-state index contributed by atoms with van der Waals surface area (Å²) in [7, 11) is -4.10. The molecule has 8 nitrogen and oxygen atoms in total. The number of carbonyl (C=O) groups excluding carboxylic acids is 1. The van der Waals surface area contributed by atoms with Crippen LogP contribution in [0.4, 0.5) is 5.69 Å². The zero-order valence-electron chi connectivity index (χ0n) is 22.8. The number of aryl methyl sites for hydroxylation is 2. The van der Waals surface area contributed by atoms with Gasteiger partial charge in [-0.15, -0.1) is 0 Å². The number of sulfonamides is 1. The Kier molecular flexibility index (Phi) is 8.96. The number of hydrogen-bond acceptors (Lipinski definition) is 5. The zero-order valence-corrected chi connectivity index (χ0v) is 24.3. The fourth-order valence-electron chi connectivity index (χ4n) is 4.34. The number of halogens is 1. The standard InChI is InChI=1S/C30H31ClN4O4S/c1-5-39-29-13-9-8-12-28(29)34(40(37,38)25-16-14-21(2)15-17-25)20-30(36)33-32-19-24-18-22(3)35(23(24)4)27-11-7-6-10-26(27)31/h6-19H,5,20H2,1-4H3,(H,33,36)/b32-19-. The molecule has 0 radical (unpaired) electrons. The smallest absolute Gasteiger partial charge is 0.264 e. The van der Waals surface area contributed by atoms with Crippen LogP contribution in [0.5, 0.6) is 5.75 Å². The minimum Gasteiger partial charge on any atom is -0.492 e. The number of anilines is 1. The van der Waals surface area contributed by atoms with E-state index in [0.29, 0.717) is 17.4 Å². The number of hydrogen-bond donors (Lipinski definition) is 1. The first-order valence-corrected chi connectivity index (χ1v) is 14.5. The third-order valence-electron chi connectivity index (χ3n) is 6.29. The van der Waals surface area contributed by atoms with Crippen molar-refractivity contribution in [3.63, 3.8) is 0 Å². The molecule has 0 fully saturated rings. The molecule has 1 heterocycles. The number of para-hydroxylation sites is 3. The molecule has 0 bridgehead atoms. The molecule has 1 aromatic heterocycles. The fourth-order valence-corrected chi connectivity index (χ4v) is 5.99. The van der Waals surface area contributed by atoms with Crippen molar-refractivity contribution in [2.45, 2.75) is 32.6 Å². The number of hydrazone groups is 1. The first-order chi connectivity index (χ1) is 19.1. The van der Waals surface area contributed by atoms with Crippen LogP contribution in [0.15, 0.2) is 88.9 Å². The maximum Gasteiger partial charge on any atom is 0.264 e. The van der Waals surface area contributed by atoms with E-state index in [1.807, 2.05) is 55.7 Å². The van der Waals surface area contributed by atoms with E-state index in [1.165, 1.54) is 18.3 Å². The maximum absolute atomic E-state index is 13.7. The van der Waals surface area contributed by atoms with E-state index in [4.69, 9.17) is 16.3 Å². The maximum atomic E-state index is 13.7. The van der Waals surface area contributed by atoms with E-state index in [-0.39, 0.29) is 10.6 Å². The predicted octanol–water partition coefficient (Wildman–Crippen LogP) is 5.80. The number of amides is 1. The Morgan fingerprint density at radius 1 is 1.02 bits per heavy atom. The lowest BCUT2D eigenvalue weighted by atomic mass is 10.2. The molecule has 40 heavy (non-hydrogen) atoms. The molecule has 0 saturated carbocycles. The summed E-state index contributed by atoms with van der Waals surface area (Å²) in [5, 5.41) is 4.74. The topological polar surface area (TPSA) is 93.0 Å². The third-order valence-corrected chi connectivity index (χ3v) is 8.38. The number of benzene rings is 3. The highest BCUT2D eigenvalue weighted by Gasteiger charge is 2.29. The van der Waals surface area contributed by atoms with Crippen molar-refractivity contribution in [3.05, 3.63) is 106 Å². The first-order valence-electron chi connectivity index (χ1n) is 12.7. The SMILES string of the molecule is CCOc1ccccc1N(CC(=O)N/N=C\c1cc(C)n(-c2ccccc2Cl)c1C)S(=O)(=O)c1ccc(C)cc1. The largest absolute Gasteiger partial charge is 0.492 e. The van der Waals surface area contributed by atoms with E-state index in [1.54, 1.807) is 43.3 Å². The molecular weight excluding hydrogens is 548 g/mol. The van der Waals surface area contributed by atoms with Crippen molar-refractivity contribution in [2.24, 2.45) is 5.10 Å². The molecule has 0 aliphatic rings. The third kappa shape index (κ3) is 6.21. The summed E-state index contributed by atoms with van der Waals surface area (Å²) < 4.78 is 36.2. The van der Waals surface area contributed by atoms with Gasteiger partial charge in [0.15, 0.2) is 0 Å². The van der Waals surface area contributed by atoms with Crippen molar-refractivity contribution in [1.82, 2.24) is 9.99 Å². The van der Waals surface area contributed by atoms with Gasteiger partial charge in [0.2, 0.25) is 0 Å². The van der Waals surface area contributed by atoms with Crippen molar-refractivity contribution in [2.75, 3.05) is 17.5 Å². The van der Waals surface area contributed by atoms with Gasteiger partial charge in [-0.2, -0.15) is 5.10 Å². The highest BCUT2D eigenvalue weighted by molar-refractivity contribution is 7.92. The Hall–Kier alpha value is -4.08. The average molecular weight is 579 g/mol. The highest BCUT2D eigenvalue weighted by atomic mass is 35.5. The minimum absolute atomic E-state index is 0.0627. The summed E-state index contributed by atoms with van der Waals surface area (Å²) in [5.41, 5.74) is 7.10. The number of nitrogens with one attached hydrogen (secondary N) is 1. The van der Waals surface area contributed by atoms with Gasteiger partial charge >= 0.3 is 0 Å². The van der Waals surface area contributed by atoms with E-state index in [0.717, 1.165) is 32.5 Å². The quantitative estimate of drug-likeness (QED) is 0.190. The van der Waals surface area contributed by atoms with Crippen LogP contribution in [0.2, 0.25) is 5.02 Å². The Morgan fingerprint density at radius 3 is 2.40 bits per heavy atom. The van der Waals surface area contributed by atoms with Gasteiger partial charge in [0.25, 0.3) is 15.9 Å². The Morgan fingerprint density at radius 2 is 1.70 bits per heavy atom. The predicted molar refractivity (Wildman–Crippen MR) is 159 cm³/mol. The van der Waals surface area contributed by atoms with Crippen LogP contribution >= 0.6 is 11.6 Å². The second-order valence-corrected chi connectivity index (χ2v) is 11.4. The van der Waals surface area contributed by atoms with Gasteiger partial charge < -0.3 is 9.30 Å². The van der Waals surface area contributed by atoms with E-state index in [9.17, 15) is 13.2 Å². The second-order valence-electron chi connectivity index (χ2n) is 9.13. The summed E-state index contributed by atoms with van der Waals surface area (Å²) in [4.78, 5) is 13.1.